The SMILES string of the molecule is CC1(C)C2CN(C(=O)[C@H](NC(=O)NC3(CS(=O)(=O)C(C)(C)C)CCCCC3)C(C)(C)C)[C@H](C(=O)NC3(C(=O)C(=O)NC4CC4)CC(O)C3)C21. The van der Waals surface area contributed by atoms with Gasteiger partial charge in [0.05, 0.1) is 22.1 Å². The van der Waals surface area contributed by atoms with E-state index in [1.54, 1.807) is 20.8 Å². The molecule has 1 aliphatic heterocycles. The van der Waals surface area contributed by atoms with Gasteiger partial charge in [0.15, 0.2) is 9.84 Å². The fraction of sp³-hybridized carbons (Fsp3) is 0.857. The minimum Gasteiger partial charge on any atom is -0.393 e. The van der Waals surface area contributed by atoms with Gasteiger partial charge in [-0.05, 0) is 69.1 Å². The highest BCUT2D eigenvalue weighted by molar-refractivity contribution is 7.92. The zero-order valence-electron chi connectivity index (χ0n) is 30.4. The molecule has 14 heteroatoms. The number of sulfone groups is 1. The molecule has 4 atom stereocenters. The Kier molecular flexibility index (Phi) is 9.56. The molecule has 49 heavy (non-hydrogen) atoms. The molecule has 0 aromatic carbocycles. The van der Waals surface area contributed by atoms with E-state index >= 15 is 0 Å². The first-order chi connectivity index (χ1) is 22.4. The summed E-state index contributed by atoms with van der Waals surface area (Å²) in [5.74, 6) is -2.97. The highest BCUT2D eigenvalue weighted by Crippen LogP contribution is 2.65. The number of fused-ring (bicyclic) bond motifs is 1. The van der Waals surface area contributed by atoms with Crippen molar-refractivity contribution in [1.29, 1.82) is 0 Å². The molecule has 5 N–H and O–H groups in total. The average Bonchev–Trinajstić information content (AvgIpc) is 3.80. The number of ketones is 1. The Morgan fingerprint density at radius 3 is 2.02 bits per heavy atom. The summed E-state index contributed by atoms with van der Waals surface area (Å²) in [7, 11) is -3.57. The third-order valence-corrected chi connectivity index (χ3v) is 14.6. The van der Waals surface area contributed by atoms with Crippen LogP contribution < -0.4 is 21.3 Å². The van der Waals surface area contributed by atoms with Gasteiger partial charge < -0.3 is 31.3 Å². The van der Waals surface area contributed by atoms with Crippen LogP contribution in [0.1, 0.15) is 113 Å². The number of aliphatic hydroxyl groups is 1. The lowest BCUT2D eigenvalue weighted by Gasteiger charge is -2.45. The summed E-state index contributed by atoms with van der Waals surface area (Å²) in [6, 6.07) is -2.70. The van der Waals surface area contributed by atoms with Crippen LogP contribution >= 0.6 is 0 Å². The van der Waals surface area contributed by atoms with E-state index in [2.05, 4.69) is 21.3 Å². The first kappa shape index (κ1) is 37.5. The van der Waals surface area contributed by atoms with Gasteiger partial charge in [-0.15, -0.1) is 0 Å². The standard InChI is InChI=1S/C35H57N5O8S/c1-31(2,3)25(37-30(46)39-34(14-10-9-11-15-34)19-49(47,48)32(4,5)6)29(45)40-18-22-23(33(22,7)8)24(40)27(43)38-35(16-21(41)17-35)26(42)28(44)36-20-12-13-20/h20-25,41H,9-19H2,1-8H3,(H,36,44)(H,38,43)(H2,37,39,46)/t21?,22?,23?,24-,25-,35?/m0/s1. The van der Waals surface area contributed by atoms with Gasteiger partial charge in [-0.2, -0.15) is 0 Å². The van der Waals surface area contributed by atoms with Crippen LogP contribution in [0.25, 0.3) is 0 Å². The number of carbonyl (C=O) groups excluding carboxylic acids is 5. The molecule has 1 saturated heterocycles. The van der Waals surface area contributed by atoms with Gasteiger partial charge in [-0.25, -0.2) is 13.2 Å². The lowest BCUT2D eigenvalue weighted by Crippen LogP contribution is -2.69. The summed E-state index contributed by atoms with van der Waals surface area (Å²) in [5.41, 5.74) is -3.55. The van der Waals surface area contributed by atoms with Gasteiger partial charge in [0.1, 0.15) is 17.6 Å². The fourth-order valence-corrected chi connectivity index (χ4v) is 9.77. The zero-order chi connectivity index (χ0) is 36.5. The Morgan fingerprint density at radius 1 is 0.918 bits per heavy atom. The smallest absolute Gasteiger partial charge is 0.315 e. The van der Waals surface area contributed by atoms with E-state index in [1.807, 2.05) is 34.6 Å². The van der Waals surface area contributed by atoms with E-state index in [0.717, 1.165) is 32.1 Å². The maximum Gasteiger partial charge on any atom is 0.315 e. The Hall–Kier alpha value is -2.74. The average molecular weight is 708 g/mol. The highest BCUT2D eigenvalue weighted by atomic mass is 32.2. The van der Waals surface area contributed by atoms with Crippen LogP contribution in [0, 0.1) is 22.7 Å². The number of Topliss-reactive ketones (excluding diaryl/α,β-unsaturated/α-hetero) is 1. The summed E-state index contributed by atoms with van der Waals surface area (Å²) in [5, 5.41) is 21.5. The molecule has 0 aromatic heterocycles. The Morgan fingerprint density at radius 2 is 1.51 bits per heavy atom. The molecule has 5 fully saturated rings. The predicted octanol–water partition coefficient (Wildman–Crippen LogP) is 1.96. The summed E-state index contributed by atoms with van der Waals surface area (Å²) in [6.07, 6.45) is 4.05. The van der Waals surface area contributed by atoms with Crippen molar-refractivity contribution in [2.24, 2.45) is 22.7 Å². The number of urea groups is 1. The molecule has 5 amide bonds. The van der Waals surface area contributed by atoms with Crippen LogP contribution in [0.2, 0.25) is 0 Å². The number of carbonyl (C=O) groups is 5. The number of hydrogen-bond acceptors (Lipinski definition) is 8. The minimum atomic E-state index is -3.57. The second-order valence-corrected chi connectivity index (χ2v) is 21.0. The maximum atomic E-state index is 14.5. The van der Waals surface area contributed by atoms with Crippen molar-refractivity contribution >= 4 is 39.4 Å². The van der Waals surface area contributed by atoms with Crippen molar-refractivity contribution in [3.63, 3.8) is 0 Å². The third kappa shape index (κ3) is 7.36. The number of aliphatic hydroxyl groups excluding tert-OH is 1. The van der Waals surface area contributed by atoms with E-state index < -0.39 is 78.8 Å². The van der Waals surface area contributed by atoms with Crippen molar-refractivity contribution in [3.8, 4) is 0 Å². The van der Waals surface area contributed by atoms with E-state index in [-0.39, 0.29) is 48.4 Å². The van der Waals surface area contributed by atoms with Crippen LogP contribution in [0.15, 0.2) is 0 Å². The number of nitrogens with zero attached hydrogens (tertiary/aromatic N) is 1. The molecule has 0 spiro atoms. The Balaban J connectivity index is 1.35. The summed E-state index contributed by atoms with van der Waals surface area (Å²) >= 11 is 0. The largest absolute Gasteiger partial charge is 0.393 e. The molecular formula is C35H57N5O8S. The Labute approximate surface area is 290 Å². The molecule has 0 radical (unpaired) electrons. The van der Waals surface area contributed by atoms with E-state index in [0.29, 0.717) is 12.8 Å². The first-order valence-electron chi connectivity index (χ1n) is 17.9. The topological polar surface area (TPSA) is 191 Å². The molecule has 0 aromatic rings. The second-order valence-electron chi connectivity index (χ2n) is 18.2. The van der Waals surface area contributed by atoms with Crippen LogP contribution in [-0.4, -0.2) is 100 Å². The summed E-state index contributed by atoms with van der Waals surface area (Å²) in [6.45, 7) is 14.7. The highest BCUT2D eigenvalue weighted by Gasteiger charge is 2.70. The molecular weight excluding hydrogens is 650 g/mol. The number of piperidine rings is 1. The van der Waals surface area contributed by atoms with Crippen molar-refractivity contribution in [2.45, 2.75) is 153 Å². The summed E-state index contributed by atoms with van der Waals surface area (Å²) in [4.78, 5) is 69.9. The van der Waals surface area contributed by atoms with Gasteiger partial charge in [0.25, 0.3) is 5.91 Å². The lowest BCUT2D eigenvalue weighted by atomic mass is 9.70. The third-order valence-electron chi connectivity index (χ3n) is 11.8. The van der Waals surface area contributed by atoms with Crippen molar-refractivity contribution in [3.05, 3.63) is 0 Å². The van der Waals surface area contributed by atoms with E-state index in [4.69, 9.17) is 0 Å². The molecule has 276 valence electrons. The summed E-state index contributed by atoms with van der Waals surface area (Å²) < 4.78 is 25.6. The minimum absolute atomic E-state index is 0.0200. The van der Waals surface area contributed by atoms with Crippen LogP contribution in [0.5, 0.6) is 0 Å². The van der Waals surface area contributed by atoms with Crippen molar-refractivity contribution in [1.82, 2.24) is 26.2 Å². The molecule has 13 nitrogen and oxygen atoms in total. The molecule has 4 aliphatic carbocycles. The maximum absolute atomic E-state index is 14.5. The zero-order valence-corrected chi connectivity index (χ0v) is 31.2. The van der Waals surface area contributed by atoms with Gasteiger partial charge in [-0.1, -0.05) is 53.9 Å². The van der Waals surface area contributed by atoms with Crippen molar-refractivity contribution < 1.29 is 37.5 Å². The molecule has 5 aliphatic rings. The number of likely N-dealkylation sites (tertiary alicyclic amines) is 1. The van der Waals surface area contributed by atoms with E-state index in [1.165, 1.54) is 4.90 Å². The van der Waals surface area contributed by atoms with E-state index in [9.17, 15) is 37.5 Å². The number of amides is 5. The number of nitrogens with one attached hydrogen (secondary N) is 4. The molecule has 5 rings (SSSR count). The monoisotopic (exact) mass is 707 g/mol. The molecule has 2 unspecified atom stereocenters. The molecule has 0 bridgehead atoms. The first-order valence-corrected chi connectivity index (χ1v) is 19.6. The molecule has 4 saturated carbocycles. The van der Waals surface area contributed by atoms with Crippen molar-refractivity contribution in [2.75, 3.05) is 12.3 Å². The Bertz CT molecular complexity index is 1480. The molecule has 1 heterocycles. The quantitative estimate of drug-likeness (QED) is 0.213. The van der Waals surface area contributed by atoms with Gasteiger partial charge in [0, 0.05) is 25.4 Å². The number of hydrogen-bond donors (Lipinski definition) is 5. The fourth-order valence-electron chi connectivity index (χ4n) is 8.24. The van der Waals surface area contributed by atoms with Gasteiger partial charge in [-0.3, -0.25) is 19.2 Å². The van der Waals surface area contributed by atoms with Crippen LogP contribution in [-0.2, 0) is 29.0 Å². The van der Waals surface area contributed by atoms with Crippen LogP contribution in [0.4, 0.5) is 4.79 Å². The normalized spacial score (nSPS) is 31.0. The second kappa shape index (κ2) is 12.5. The van der Waals surface area contributed by atoms with Gasteiger partial charge >= 0.3 is 6.03 Å². The van der Waals surface area contributed by atoms with Crippen LogP contribution in [0.3, 0.4) is 0 Å². The number of rotatable bonds is 10. The lowest BCUT2D eigenvalue weighted by molar-refractivity contribution is -0.152. The van der Waals surface area contributed by atoms with Gasteiger partial charge in [0.2, 0.25) is 17.6 Å². The predicted molar refractivity (Wildman–Crippen MR) is 183 cm³/mol.